The number of hydrogen-bond donors (Lipinski definition) is 2. The summed E-state index contributed by atoms with van der Waals surface area (Å²) in [4.78, 5) is 18.7. The highest BCUT2D eigenvalue weighted by Gasteiger charge is 2.14. The molecule has 0 aliphatic heterocycles. The van der Waals surface area contributed by atoms with Gasteiger partial charge >= 0.3 is 6.09 Å². The van der Waals surface area contributed by atoms with Gasteiger partial charge in [-0.3, -0.25) is 4.98 Å². The second-order valence-electron chi connectivity index (χ2n) is 5.29. The normalized spacial score (nSPS) is 10.8. The SMILES string of the molecule is CC(C)(C)OC(=O)NCC#Cc1cnc2cc[nH]c2c1. The molecule has 2 aromatic heterocycles. The average molecular weight is 271 g/mol. The molecule has 20 heavy (non-hydrogen) atoms. The van der Waals surface area contributed by atoms with Gasteiger partial charge in [0.15, 0.2) is 0 Å². The second-order valence-corrected chi connectivity index (χ2v) is 5.29. The maximum absolute atomic E-state index is 11.4. The highest BCUT2D eigenvalue weighted by atomic mass is 16.6. The minimum atomic E-state index is -0.500. The van der Waals surface area contributed by atoms with Crippen LogP contribution in [-0.4, -0.2) is 28.2 Å². The number of rotatable bonds is 1. The van der Waals surface area contributed by atoms with Crippen LogP contribution >= 0.6 is 0 Å². The Morgan fingerprint density at radius 2 is 2.30 bits per heavy atom. The third-order valence-corrected chi connectivity index (χ3v) is 2.35. The van der Waals surface area contributed by atoms with Crippen molar-refractivity contribution in [2.75, 3.05) is 6.54 Å². The summed E-state index contributed by atoms with van der Waals surface area (Å²) in [6, 6.07) is 3.82. The van der Waals surface area contributed by atoms with Gasteiger partial charge in [-0.2, -0.15) is 0 Å². The Morgan fingerprint density at radius 1 is 1.50 bits per heavy atom. The third-order valence-electron chi connectivity index (χ3n) is 2.35. The van der Waals surface area contributed by atoms with Crippen LogP contribution in [0.5, 0.6) is 0 Å². The maximum atomic E-state index is 11.4. The number of aromatic nitrogens is 2. The van der Waals surface area contributed by atoms with Gasteiger partial charge < -0.3 is 15.0 Å². The molecule has 5 heteroatoms. The number of carbonyl (C=O) groups excluding carboxylic acids is 1. The summed E-state index contributed by atoms with van der Waals surface area (Å²) in [7, 11) is 0. The summed E-state index contributed by atoms with van der Waals surface area (Å²) in [6.45, 7) is 5.68. The zero-order chi connectivity index (χ0) is 14.6. The highest BCUT2D eigenvalue weighted by molar-refractivity contribution is 5.76. The molecule has 2 rings (SSSR count). The van der Waals surface area contributed by atoms with Crippen LogP contribution in [-0.2, 0) is 4.74 Å². The van der Waals surface area contributed by atoms with Gasteiger partial charge in [0.2, 0.25) is 0 Å². The van der Waals surface area contributed by atoms with Crippen LogP contribution in [0.2, 0.25) is 0 Å². The van der Waals surface area contributed by atoms with Crippen molar-refractivity contribution in [1.82, 2.24) is 15.3 Å². The molecule has 0 radical (unpaired) electrons. The monoisotopic (exact) mass is 271 g/mol. The van der Waals surface area contributed by atoms with E-state index in [9.17, 15) is 4.79 Å². The first-order valence-electron chi connectivity index (χ1n) is 6.33. The lowest BCUT2D eigenvalue weighted by molar-refractivity contribution is 0.0535. The van der Waals surface area contributed by atoms with E-state index in [4.69, 9.17) is 4.74 Å². The number of fused-ring (bicyclic) bond motifs is 1. The number of nitrogens with zero attached hydrogens (tertiary/aromatic N) is 1. The minimum Gasteiger partial charge on any atom is -0.444 e. The molecule has 0 saturated heterocycles. The van der Waals surface area contributed by atoms with Crippen molar-refractivity contribution < 1.29 is 9.53 Å². The summed E-state index contributed by atoms with van der Waals surface area (Å²) < 4.78 is 5.10. The molecule has 2 aromatic rings. The molecule has 1 amide bonds. The van der Waals surface area contributed by atoms with Crippen molar-refractivity contribution in [2.24, 2.45) is 0 Å². The summed E-state index contributed by atoms with van der Waals surface area (Å²) in [5.41, 5.74) is 2.14. The number of H-pyrrole nitrogens is 1. The van der Waals surface area contributed by atoms with Crippen molar-refractivity contribution >= 4 is 17.1 Å². The Kier molecular flexibility index (Phi) is 3.94. The van der Waals surface area contributed by atoms with Crippen molar-refractivity contribution in [3.63, 3.8) is 0 Å². The van der Waals surface area contributed by atoms with Gasteiger partial charge in [0.1, 0.15) is 5.60 Å². The lowest BCUT2D eigenvalue weighted by Gasteiger charge is -2.18. The van der Waals surface area contributed by atoms with Crippen LogP contribution in [0.25, 0.3) is 11.0 Å². The van der Waals surface area contributed by atoms with Gasteiger partial charge in [0.25, 0.3) is 0 Å². The van der Waals surface area contributed by atoms with Gasteiger partial charge in [-0.05, 0) is 32.9 Å². The van der Waals surface area contributed by atoms with E-state index in [0.717, 1.165) is 16.6 Å². The number of carbonyl (C=O) groups is 1. The predicted molar refractivity (Wildman–Crippen MR) is 77.2 cm³/mol. The van der Waals surface area contributed by atoms with E-state index >= 15 is 0 Å². The van der Waals surface area contributed by atoms with Crippen LogP contribution in [0, 0.1) is 11.8 Å². The highest BCUT2D eigenvalue weighted by Crippen LogP contribution is 2.09. The zero-order valence-corrected chi connectivity index (χ0v) is 11.8. The van der Waals surface area contributed by atoms with E-state index in [-0.39, 0.29) is 6.54 Å². The van der Waals surface area contributed by atoms with Crippen molar-refractivity contribution in [1.29, 1.82) is 0 Å². The number of nitrogens with one attached hydrogen (secondary N) is 2. The number of alkyl carbamates (subject to hydrolysis) is 1. The van der Waals surface area contributed by atoms with Gasteiger partial charge in [0, 0.05) is 18.0 Å². The Labute approximate surface area is 117 Å². The van der Waals surface area contributed by atoms with Gasteiger partial charge in [0.05, 0.1) is 17.6 Å². The Balaban J connectivity index is 1.89. The molecule has 0 bridgehead atoms. The van der Waals surface area contributed by atoms with E-state index < -0.39 is 11.7 Å². The minimum absolute atomic E-state index is 0.234. The zero-order valence-electron chi connectivity index (χ0n) is 11.8. The molecule has 0 fully saturated rings. The third kappa shape index (κ3) is 4.02. The molecule has 5 nitrogen and oxygen atoms in total. The Hall–Kier alpha value is -2.48. The summed E-state index contributed by atoms with van der Waals surface area (Å²) in [5.74, 6) is 5.80. The van der Waals surface area contributed by atoms with Crippen molar-refractivity contribution in [3.05, 3.63) is 30.1 Å². The summed E-state index contributed by atoms with van der Waals surface area (Å²) >= 11 is 0. The van der Waals surface area contributed by atoms with E-state index in [2.05, 4.69) is 27.1 Å². The molecule has 0 atom stereocenters. The second kappa shape index (κ2) is 5.66. The first-order valence-corrected chi connectivity index (χ1v) is 6.33. The largest absolute Gasteiger partial charge is 0.444 e. The molecular formula is C15H17N3O2. The Morgan fingerprint density at radius 3 is 3.05 bits per heavy atom. The fraction of sp³-hybridized carbons (Fsp3) is 0.333. The molecule has 0 aliphatic carbocycles. The first kappa shape index (κ1) is 13.9. The molecule has 2 N–H and O–H groups in total. The number of pyridine rings is 1. The molecule has 104 valence electrons. The van der Waals surface area contributed by atoms with Gasteiger partial charge in [-0.15, -0.1) is 0 Å². The van der Waals surface area contributed by atoms with E-state index in [1.807, 2.05) is 39.1 Å². The number of amides is 1. The van der Waals surface area contributed by atoms with Gasteiger partial charge in [-0.25, -0.2) is 4.79 Å². The van der Waals surface area contributed by atoms with E-state index in [1.54, 1.807) is 6.20 Å². The van der Waals surface area contributed by atoms with Crippen LogP contribution in [0.3, 0.4) is 0 Å². The van der Waals surface area contributed by atoms with E-state index in [1.165, 1.54) is 0 Å². The molecule has 0 spiro atoms. The topological polar surface area (TPSA) is 67.0 Å². The average Bonchev–Trinajstić information content (AvgIpc) is 2.79. The maximum Gasteiger partial charge on any atom is 0.408 e. The van der Waals surface area contributed by atoms with Crippen LogP contribution in [0.15, 0.2) is 24.5 Å². The number of aromatic amines is 1. The fourth-order valence-electron chi connectivity index (χ4n) is 1.58. The lowest BCUT2D eigenvalue weighted by atomic mass is 10.2. The summed E-state index contributed by atoms with van der Waals surface area (Å²) in [6.07, 6.45) is 3.07. The number of hydrogen-bond acceptors (Lipinski definition) is 3. The first-order chi connectivity index (χ1) is 9.44. The molecule has 0 saturated carbocycles. The van der Waals surface area contributed by atoms with Gasteiger partial charge in [-0.1, -0.05) is 11.8 Å². The summed E-state index contributed by atoms with van der Waals surface area (Å²) in [5, 5.41) is 2.58. The van der Waals surface area contributed by atoms with Crippen molar-refractivity contribution in [3.8, 4) is 11.8 Å². The predicted octanol–water partition coefficient (Wildman–Crippen LogP) is 2.44. The number of ether oxygens (including phenoxy) is 1. The van der Waals surface area contributed by atoms with E-state index in [0.29, 0.717) is 0 Å². The van der Waals surface area contributed by atoms with Crippen LogP contribution in [0.1, 0.15) is 26.3 Å². The fourth-order valence-corrected chi connectivity index (χ4v) is 1.58. The Bertz CT molecular complexity index is 671. The molecule has 0 aliphatic rings. The smallest absolute Gasteiger partial charge is 0.408 e. The lowest BCUT2D eigenvalue weighted by Crippen LogP contribution is -2.32. The quantitative estimate of drug-likeness (QED) is 0.783. The van der Waals surface area contributed by atoms with Crippen LogP contribution < -0.4 is 5.32 Å². The molecule has 2 heterocycles. The molecule has 0 unspecified atom stereocenters. The van der Waals surface area contributed by atoms with Crippen LogP contribution in [0.4, 0.5) is 4.79 Å². The standard InChI is InChI=1S/C15H17N3O2/c1-15(2,3)20-14(19)17-7-4-5-11-9-13-12(18-10-11)6-8-16-13/h6,8-10,16H,7H2,1-3H3,(H,17,19). The molecule has 0 aromatic carbocycles. The van der Waals surface area contributed by atoms with Crippen molar-refractivity contribution in [2.45, 2.75) is 26.4 Å². The molecular weight excluding hydrogens is 254 g/mol.